The van der Waals surface area contributed by atoms with E-state index in [-0.39, 0.29) is 10.6 Å². The van der Waals surface area contributed by atoms with Crippen LogP contribution < -0.4 is 10.5 Å². The maximum atomic E-state index is 12.6. The zero-order valence-corrected chi connectivity index (χ0v) is 17.4. The van der Waals surface area contributed by atoms with Gasteiger partial charge in [0.2, 0.25) is 0 Å². The van der Waals surface area contributed by atoms with Crippen LogP contribution in [0.4, 0.5) is 11.4 Å². The molecule has 0 fully saturated rings. The van der Waals surface area contributed by atoms with Gasteiger partial charge in [-0.1, -0.05) is 22.0 Å². The Morgan fingerprint density at radius 3 is 2.05 bits per heavy atom. The lowest BCUT2D eigenvalue weighted by Gasteiger charge is -2.14. The molecule has 21 heavy (non-hydrogen) atoms. The molecule has 0 aromatic heterocycles. The highest BCUT2D eigenvalue weighted by atomic mass is 79.9. The lowest BCUT2D eigenvalue weighted by atomic mass is 10.3. The number of nitrogens with two attached hydrogens (primary N) is 1. The third-order valence-electron chi connectivity index (χ3n) is 2.51. The Morgan fingerprint density at radius 2 is 1.52 bits per heavy atom. The van der Waals surface area contributed by atoms with Crippen LogP contribution in [0, 0.1) is 0 Å². The molecule has 9 heteroatoms. The Hall–Kier alpha value is -0.0900. The van der Waals surface area contributed by atoms with Gasteiger partial charge in [0.15, 0.2) is 0 Å². The smallest absolute Gasteiger partial charge is 0.265 e. The number of nitrogens with one attached hydrogen (secondary N) is 1. The number of sulfonamides is 1. The molecule has 0 aliphatic rings. The minimum Gasteiger partial charge on any atom is -0.398 e. The Balaban J connectivity index is 2.54. The van der Waals surface area contributed by atoms with Gasteiger partial charge in [-0.25, -0.2) is 8.42 Å². The van der Waals surface area contributed by atoms with Crippen LogP contribution in [-0.2, 0) is 10.0 Å². The standard InChI is InChI=1S/C12H8Br4N2O2S/c13-6-4-9(16)12(10(17)5-6)21(19,20)18-11-7(14)2-1-3-8(11)15/h1-5,18H,17H2. The summed E-state index contributed by atoms with van der Waals surface area (Å²) < 4.78 is 30.0. The van der Waals surface area contributed by atoms with Gasteiger partial charge in [0, 0.05) is 17.9 Å². The molecular formula is C12H8Br4N2O2S. The quantitative estimate of drug-likeness (QED) is 0.509. The van der Waals surface area contributed by atoms with Crippen LogP contribution in [0.3, 0.4) is 0 Å². The van der Waals surface area contributed by atoms with E-state index in [1.165, 1.54) is 6.07 Å². The lowest BCUT2D eigenvalue weighted by Crippen LogP contribution is -2.16. The van der Waals surface area contributed by atoms with Gasteiger partial charge in [0.05, 0.1) is 11.4 Å². The molecule has 4 nitrogen and oxygen atoms in total. The Labute approximate surface area is 156 Å². The normalized spacial score (nSPS) is 11.4. The summed E-state index contributed by atoms with van der Waals surface area (Å²) in [6.07, 6.45) is 0. The number of hydrogen-bond acceptors (Lipinski definition) is 3. The second kappa shape index (κ2) is 6.57. The molecule has 0 amide bonds. The van der Waals surface area contributed by atoms with Gasteiger partial charge in [0.25, 0.3) is 10.0 Å². The van der Waals surface area contributed by atoms with Crippen LogP contribution >= 0.6 is 63.7 Å². The van der Waals surface area contributed by atoms with Gasteiger partial charge in [0.1, 0.15) is 4.90 Å². The first-order valence-corrected chi connectivity index (χ1v) is 10.1. The molecule has 3 N–H and O–H groups in total. The number of nitrogen functional groups attached to an aromatic ring is 1. The van der Waals surface area contributed by atoms with Gasteiger partial charge in [-0.05, 0) is 72.1 Å². The number of rotatable bonds is 3. The maximum Gasteiger partial charge on any atom is 0.265 e. The van der Waals surface area contributed by atoms with E-state index in [4.69, 9.17) is 5.73 Å². The molecule has 0 heterocycles. The van der Waals surface area contributed by atoms with E-state index in [1.807, 2.05) is 0 Å². The van der Waals surface area contributed by atoms with E-state index >= 15 is 0 Å². The molecular weight excluding hydrogens is 556 g/mol. The molecule has 0 saturated carbocycles. The first-order chi connectivity index (χ1) is 9.72. The number of benzene rings is 2. The van der Waals surface area contributed by atoms with Crippen LogP contribution in [0.15, 0.2) is 53.1 Å². The van der Waals surface area contributed by atoms with E-state index in [0.29, 0.717) is 23.6 Å². The average molecular weight is 564 g/mol. The minimum absolute atomic E-state index is 0.00615. The number of hydrogen-bond donors (Lipinski definition) is 2. The predicted octanol–water partition coefficient (Wildman–Crippen LogP) is 5.12. The molecule has 0 bridgehead atoms. The van der Waals surface area contributed by atoms with E-state index in [9.17, 15) is 8.42 Å². The third kappa shape index (κ3) is 3.82. The van der Waals surface area contributed by atoms with Crippen molar-refractivity contribution in [2.75, 3.05) is 10.5 Å². The molecule has 0 aliphatic heterocycles. The molecule has 0 radical (unpaired) electrons. The Bertz CT molecular complexity index is 766. The molecule has 0 atom stereocenters. The molecule has 0 unspecified atom stereocenters. The van der Waals surface area contributed by atoms with Crippen molar-refractivity contribution in [1.82, 2.24) is 0 Å². The van der Waals surface area contributed by atoms with E-state index in [0.717, 1.165) is 0 Å². The summed E-state index contributed by atoms with van der Waals surface area (Å²) in [5.41, 5.74) is 6.39. The van der Waals surface area contributed by atoms with Gasteiger partial charge < -0.3 is 5.73 Å². The highest BCUT2D eigenvalue weighted by molar-refractivity contribution is 9.11. The first-order valence-electron chi connectivity index (χ1n) is 5.43. The fourth-order valence-corrected chi connectivity index (χ4v) is 6.28. The maximum absolute atomic E-state index is 12.6. The third-order valence-corrected chi connectivity index (χ3v) is 6.64. The van der Waals surface area contributed by atoms with Gasteiger partial charge in [-0.3, -0.25) is 4.72 Å². The monoisotopic (exact) mass is 560 g/mol. The zero-order valence-electron chi connectivity index (χ0n) is 10.2. The van der Waals surface area contributed by atoms with Crippen LogP contribution in [0.5, 0.6) is 0 Å². The fraction of sp³-hybridized carbons (Fsp3) is 0. The highest BCUT2D eigenvalue weighted by Crippen LogP contribution is 2.36. The molecule has 112 valence electrons. The minimum atomic E-state index is -3.84. The van der Waals surface area contributed by atoms with Crippen LogP contribution in [0.1, 0.15) is 0 Å². The zero-order chi connectivity index (χ0) is 15.8. The van der Waals surface area contributed by atoms with Crippen molar-refractivity contribution in [2.45, 2.75) is 4.90 Å². The van der Waals surface area contributed by atoms with Crippen molar-refractivity contribution in [2.24, 2.45) is 0 Å². The van der Waals surface area contributed by atoms with Crippen molar-refractivity contribution >= 4 is 85.1 Å². The topological polar surface area (TPSA) is 72.2 Å². The highest BCUT2D eigenvalue weighted by Gasteiger charge is 2.23. The SMILES string of the molecule is Nc1cc(Br)cc(Br)c1S(=O)(=O)Nc1c(Br)cccc1Br. The molecule has 0 spiro atoms. The molecule has 2 rings (SSSR count). The van der Waals surface area contributed by atoms with Gasteiger partial charge in [-0.15, -0.1) is 0 Å². The van der Waals surface area contributed by atoms with Crippen molar-refractivity contribution < 1.29 is 8.42 Å². The fourth-order valence-electron chi connectivity index (χ4n) is 1.64. The van der Waals surface area contributed by atoms with Crippen molar-refractivity contribution in [3.63, 3.8) is 0 Å². The summed E-state index contributed by atoms with van der Waals surface area (Å²) >= 11 is 13.1. The van der Waals surface area contributed by atoms with Crippen molar-refractivity contribution in [3.05, 3.63) is 48.2 Å². The summed E-state index contributed by atoms with van der Waals surface area (Å²) in [4.78, 5) is -0.00615. The van der Waals surface area contributed by atoms with Crippen LogP contribution in [0.25, 0.3) is 0 Å². The Morgan fingerprint density at radius 1 is 0.952 bits per heavy atom. The summed E-state index contributed by atoms with van der Waals surface area (Å²) in [6.45, 7) is 0. The van der Waals surface area contributed by atoms with Crippen LogP contribution in [0.2, 0.25) is 0 Å². The molecule has 0 saturated heterocycles. The Kier molecular flexibility index (Phi) is 5.40. The summed E-state index contributed by atoms with van der Waals surface area (Å²) in [7, 11) is -3.84. The van der Waals surface area contributed by atoms with Crippen LogP contribution in [-0.4, -0.2) is 8.42 Å². The summed E-state index contributed by atoms with van der Waals surface area (Å²) in [5.74, 6) is 0. The average Bonchev–Trinajstić information content (AvgIpc) is 2.32. The summed E-state index contributed by atoms with van der Waals surface area (Å²) in [6, 6.07) is 8.43. The number of halogens is 4. The second-order valence-electron chi connectivity index (χ2n) is 4.01. The first kappa shape index (κ1) is 17.3. The van der Waals surface area contributed by atoms with Crippen molar-refractivity contribution in [3.8, 4) is 0 Å². The number of para-hydroxylation sites is 1. The predicted molar refractivity (Wildman–Crippen MR) is 98.9 cm³/mol. The van der Waals surface area contributed by atoms with Gasteiger partial charge in [-0.2, -0.15) is 0 Å². The van der Waals surface area contributed by atoms with Gasteiger partial charge >= 0.3 is 0 Å². The van der Waals surface area contributed by atoms with E-state index < -0.39 is 10.0 Å². The van der Waals surface area contributed by atoms with E-state index in [2.05, 4.69) is 68.4 Å². The summed E-state index contributed by atoms with van der Waals surface area (Å²) in [5, 5.41) is 0. The molecule has 2 aromatic carbocycles. The molecule has 2 aromatic rings. The second-order valence-corrected chi connectivity index (χ2v) is 9.11. The van der Waals surface area contributed by atoms with Crippen molar-refractivity contribution in [1.29, 1.82) is 0 Å². The largest absolute Gasteiger partial charge is 0.398 e. The lowest BCUT2D eigenvalue weighted by molar-refractivity contribution is 0.601. The van der Waals surface area contributed by atoms with E-state index in [1.54, 1.807) is 24.3 Å². The molecule has 0 aliphatic carbocycles. The number of anilines is 2.